The van der Waals surface area contributed by atoms with E-state index in [9.17, 15) is 0 Å². The molecule has 1 heterocycles. The van der Waals surface area contributed by atoms with E-state index in [2.05, 4.69) is 6.07 Å². The highest BCUT2D eigenvalue weighted by Crippen LogP contribution is 2.51. The topological polar surface area (TPSA) is 52.0 Å². The van der Waals surface area contributed by atoms with Crippen LogP contribution in [0.25, 0.3) is 0 Å². The molecule has 0 aromatic heterocycles. The van der Waals surface area contributed by atoms with Crippen LogP contribution in [-0.2, 0) is 0 Å². The average molecular weight is 184 g/mol. The van der Waals surface area contributed by atoms with Crippen molar-refractivity contribution in [3.8, 4) is 0 Å². The SMILES string of the molecule is Nc1cccc2c1C(N)SS2. The number of rotatable bonds is 0. The van der Waals surface area contributed by atoms with E-state index in [1.165, 1.54) is 4.90 Å². The van der Waals surface area contributed by atoms with Gasteiger partial charge in [-0.1, -0.05) is 27.7 Å². The van der Waals surface area contributed by atoms with Gasteiger partial charge < -0.3 is 11.5 Å². The molecule has 0 saturated heterocycles. The van der Waals surface area contributed by atoms with Gasteiger partial charge in [-0.15, -0.1) is 0 Å². The van der Waals surface area contributed by atoms with Gasteiger partial charge in [-0.2, -0.15) is 0 Å². The molecule has 0 bridgehead atoms. The maximum absolute atomic E-state index is 5.81. The molecule has 1 aromatic rings. The van der Waals surface area contributed by atoms with Gasteiger partial charge >= 0.3 is 0 Å². The van der Waals surface area contributed by atoms with Crippen molar-refractivity contribution in [1.82, 2.24) is 0 Å². The smallest absolute Gasteiger partial charge is 0.0902 e. The van der Waals surface area contributed by atoms with E-state index in [1.807, 2.05) is 12.1 Å². The summed E-state index contributed by atoms with van der Waals surface area (Å²) in [5.74, 6) is 0. The third kappa shape index (κ3) is 1.11. The summed E-state index contributed by atoms with van der Waals surface area (Å²) in [7, 11) is 3.36. The predicted octanol–water partition coefficient (Wildman–Crippen LogP) is 1.98. The second-order valence-electron chi connectivity index (χ2n) is 2.36. The Labute approximate surface area is 73.1 Å². The second-order valence-corrected chi connectivity index (χ2v) is 4.74. The van der Waals surface area contributed by atoms with Crippen molar-refractivity contribution in [2.75, 3.05) is 5.73 Å². The number of nitrogen functional groups attached to an aromatic ring is 1. The van der Waals surface area contributed by atoms with Crippen LogP contribution in [0.3, 0.4) is 0 Å². The highest BCUT2D eigenvalue weighted by molar-refractivity contribution is 8.77. The number of nitrogens with two attached hydrogens (primary N) is 2. The Bertz CT molecular complexity index is 288. The average Bonchev–Trinajstić information content (AvgIpc) is 2.34. The van der Waals surface area contributed by atoms with Gasteiger partial charge in [0.25, 0.3) is 0 Å². The molecule has 1 unspecified atom stereocenters. The van der Waals surface area contributed by atoms with Crippen molar-refractivity contribution < 1.29 is 0 Å². The van der Waals surface area contributed by atoms with Crippen molar-refractivity contribution in [1.29, 1.82) is 0 Å². The molecule has 0 spiro atoms. The monoisotopic (exact) mass is 184 g/mol. The molecule has 1 aromatic carbocycles. The highest BCUT2D eigenvalue weighted by Gasteiger charge is 2.22. The Balaban J connectivity index is 2.58. The zero-order valence-corrected chi connectivity index (χ0v) is 7.41. The summed E-state index contributed by atoms with van der Waals surface area (Å²) < 4.78 is 0. The van der Waals surface area contributed by atoms with Crippen LogP contribution in [0, 0.1) is 0 Å². The molecule has 0 fully saturated rings. The lowest BCUT2D eigenvalue weighted by atomic mass is 10.2. The fourth-order valence-electron chi connectivity index (χ4n) is 1.09. The fourth-order valence-corrected chi connectivity index (χ4v) is 3.55. The highest BCUT2D eigenvalue weighted by atomic mass is 33.1. The Morgan fingerprint density at radius 3 is 2.91 bits per heavy atom. The molecule has 0 radical (unpaired) electrons. The van der Waals surface area contributed by atoms with Gasteiger partial charge in [-0.25, -0.2) is 0 Å². The Hall–Kier alpha value is -0.320. The third-order valence-corrected chi connectivity index (χ3v) is 4.15. The summed E-state index contributed by atoms with van der Waals surface area (Å²) >= 11 is 0. The maximum Gasteiger partial charge on any atom is 0.0902 e. The van der Waals surface area contributed by atoms with Gasteiger partial charge in [-0.05, 0) is 12.1 Å². The van der Waals surface area contributed by atoms with E-state index in [1.54, 1.807) is 21.6 Å². The molecule has 58 valence electrons. The first-order chi connectivity index (χ1) is 5.29. The summed E-state index contributed by atoms with van der Waals surface area (Å²) in [4.78, 5) is 1.21. The number of benzene rings is 1. The van der Waals surface area contributed by atoms with Crippen LogP contribution >= 0.6 is 21.6 Å². The van der Waals surface area contributed by atoms with Crippen molar-refractivity contribution in [3.05, 3.63) is 23.8 Å². The first kappa shape index (κ1) is 7.34. The van der Waals surface area contributed by atoms with Crippen LogP contribution in [0.2, 0.25) is 0 Å². The minimum Gasteiger partial charge on any atom is -0.398 e. The Morgan fingerprint density at radius 2 is 2.18 bits per heavy atom. The molecule has 2 rings (SSSR count). The first-order valence-corrected chi connectivity index (χ1v) is 5.47. The molecule has 4 N–H and O–H groups in total. The van der Waals surface area contributed by atoms with E-state index < -0.39 is 0 Å². The predicted molar refractivity (Wildman–Crippen MR) is 51.2 cm³/mol. The Morgan fingerprint density at radius 1 is 1.36 bits per heavy atom. The van der Waals surface area contributed by atoms with E-state index in [4.69, 9.17) is 11.5 Å². The van der Waals surface area contributed by atoms with E-state index in [0.717, 1.165) is 11.3 Å². The van der Waals surface area contributed by atoms with E-state index >= 15 is 0 Å². The molecule has 11 heavy (non-hydrogen) atoms. The van der Waals surface area contributed by atoms with Crippen LogP contribution in [0.5, 0.6) is 0 Å². The van der Waals surface area contributed by atoms with Gasteiger partial charge in [0.1, 0.15) is 0 Å². The molecule has 2 nitrogen and oxygen atoms in total. The van der Waals surface area contributed by atoms with Crippen LogP contribution in [0.1, 0.15) is 10.9 Å². The van der Waals surface area contributed by atoms with Crippen LogP contribution < -0.4 is 11.5 Å². The number of hydrogen-bond acceptors (Lipinski definition) is 4. The van der Waals surface area contributed by atoms with Crippen LogP contribution in [-0.4, -0.2) is 0 Å². The summed E-state index contributed by atoms with van der Waals surface area (Å²) in [5, 5.41) is 0.0520. The third-order valence-electron chi connectivity index (χ3n) is 1.63. The van der Waals surface area contributed by atoms with Crippen LogP contribution in [0.15, 0.2) is 23.1 Å². The lowest BCUT2D eigenvalue weighted by molar-refractivity contribution is 1.02. The van der Waals surface area contributed by atoms with Gasteiger partial charge in [0.2, 0.25) is 0 Å². The molecule has 0 amide bonds. The fraction of sp³-hybridized carbons (Fsp3) is 0.143. The standard InChI is InChI=1S/C7H8N2S2/c8-4-2-1-3-5-6(4)7(9)11-10-5/h1-3,7H,8-9H2. The molecule has 4 heteroatoms. The zero-order chi connectivity index (χ0) is 7.84. The molecular formula is C7H8N2S2. The Kier molecular flexibility index (Phi) is 1.75. The van der Waals surface area contributed by atoms with Gasteiger partial charge in [0.05, 0.1) is 5.37 Å². The maximum atomic E-state index is 5.81. The van der Waals surface area contributed by atoms with Crippen molar-refractivity contribution in [2.45, 2.75) is 10.3 Å². The normalized spacial score (nSPS) is 21.7. The van der Waals surface area contributed by atoms with E-state index in [0.29, 0.717) is 0 Å². The summed E-state index contributed by atoms with van der Waals surface area (Å²) in [6.45, 7) is 0. The summed E-state index contributed by atoms with van der Waals surface area (Å²) in [6, 6.07) is 5.90. The number of fused-ring (bicyclic) bond motifs is 1. The molecule has 0 saturated carbocycles. The molecule has 1 aliphatic rings. The quantitative estimate of drug-likeness (QED) is 0.478. The molecule has 0 aliphatic carbocycles. The summed E-state index contributed by atoms with van der Waals surface area (Å²) in [5.41, 5.74) is 13.5. The first-order valence-electron chi connectivity index (χ1n) is 3.26. The van der Waals surface area contributed by atoms with Crippen molar-refractivity contribution in [3.63, 3.8) is 0 Å². The lowest BCUT2D eigenvalue weighted by Crippen LogP contribution is -2.04. The minimum absolute atomic E-state index is 0.0520. The van der Waals surface area contributed by atoms with Gasteiger partial charge in [-0.3, -0.25) is 0 Å². The van der Waals surface area contributed by atoms with Gasteiger partial charge in [0, 0.05) is 16.1 Å². The minimum atomic E-state index is 0.0520. The second kappa shape index (κ2) is 2.62. The number of hydrogen-bond donors (Lipinski definition) is 2. The van der Waals surface area contributed by atoms with Crippen molar-refractivity contribution in [2.24, 2.45) is 5.73 Å². The molecular weight excluding hydrogens is 176 g/mol. The van der Waals surface area contributed by atoms with Gasteiger partial charge in [0.15, 0.2) is 0 Å². The van der Waals surface area contributed by atoms with E-state index in [-0.39, 0.29) is 5.37 Å². The number of anilines is 1. The zero-order valence-electron chi connectivity index (χ0n) is 5.78. The lowest BCUT2D eigenvalue weighted by Gasteiger charge is -2.04. The largest absolute Gasteiger partial charge is 0.398 e. The van der Waals surface area contributed by atoms with Crippen LogP contribution in [0.4, 0.5) is 5.69 Å². The van der Waals surface area contributed by atoms with Crippen molar-refractivity contribution >= 4 is 27.3 Å². The summed E-state index contributed by atoms with van der Waals surface area (Å²) in [6.07, 6.45) is 0. The molecule has 1 atom stereocenters. The molecule has 1 aliphatic heterocycles.